The highest BCUT2D eigenvalue weighted by Crippen LogP contribution is 2.47. The zero-order chi connectivity index (χ0) is 20.6. The van der Waals surface area contributed by atoms with Gasteiger partial charge >= 0.3 is 0 Å². The van der Waals surface area contributed by atoms with E-state index < -0.39 is 6.04 Å². The molecule has 0 saturated carbocycles. The van der Waals surface area contributed by atoms with E-state index in [1.165, 1.54) is 0 Å². The molecule has 152 valence electrons. The van der Waals surface area contributed by atoms with Gasteiger partial charge in [0.25, 0.3) is 0 Å². The van der Waals surface area contributed by atoms with Gasteiger partial charge in [-0.25, -0.2) is 4.98 Å². The molecule has 2 aliphatic heterocycles. The number of hydrogen-bond acceptors (Lipinski definition) is 6. The topological polar surface area (TPSA) is 80.8 Å². The molecule has 2 aromatic rings. The Bertz CT molecular complexity index is 949. The SMILES string of the molecule is COc1cc(C)ccc1Oc1ccc(NC(=O)C2CSC3(C)CCC(=O)N23)cn1. The highest BCUT2D eigenvalue weighted by molar-refractivity contribution is 8.01. The third-order valence-corrected chi connectivity index (χ3v) is 6.79. The molecule has 29 heavy (non-hydrogen) atoms. The number of carbonyl (C=O) groups excluding carboxylic acids is 2. The van der Waals surface area contributed by atoms with Crippen LogP contribution in [0.4, 0.5) is 5.69 Å². The molecule has 2 atom stereocenters. The predicted octanol–water partition coefficient (Wildman–Crippen LogP) is 3.58. The number of anilines is 1. The van der Waals surface area contributed by atoms with Crippen molar-refractivity contribution < 1.29 is 19.1 Å². The van der Waals surface area contributed by atoms with Crippen LogP contribution in [0.3, 0.4) is 0 Å². The fourth-order valence-electron chi connectivity index (χ4n) is 3.73. The number of hydrogen-bond donors (Lipinski definition) is 1. The first kappa shape index (κ1) is 19.6. The van der Waals surface area contributed by atoms with Gasteiger partial charge in [0.05, 0.1) is 23.9 Å². The second-order valence-corrected chi connectivity index (χ2v) is 8.90. The highest BCUT2D eigenvalue weighted by atomic mass is 32.2. The van der Waals surface area contributed by atoms with Crippen molar-refractivity contribution >= 4 is 29.3 Å². The Hall–Kier alpha value is -2.74. The average molecular weight is 413 g/mol. The van der Waals surface area contributed by atoms with Crippen LogP contribution in [0.2, 0.25) is 0 Å². The van der Waals surface area contributed by atoms with Crippen molar-refractivity contribution in [1.29, 1.82) is 0 Å². The number of aryl methyl sites for hydroxylation is 1. The summed E-state index contributed by atoms with van der Waals surface area (Å²) in [7, 11) is 1.59. The molecule has 3 heterocycles. The van der Waals surface area contributed by atoms with Crippen molar-refractivity contribution in [2.24, 2.45) is 0 Å². The molecule has 8 heteroatoms. The number of carbonyl (C=O) groups is 2. The molecule has 0 spiro atoms. The molecule has 1 N–H and O–H groups in total. The molecule has 2 saturated heterocycles. The summed E-state index contributed by atoms with van der Waals surface area (Å²) in [5.41, 5.74) is 1.63. The monoisotopic (exact) mass is 413 g/mol. The van der Waals surface area contributed by atoms with Crippen LogP contribution in [-0.4, -0.2) is 45.5 Å². The van der Waals surface area contributed by atoms with Crippen molar-refractivity contribution in [3.05, 3.63) is 42.1 Å². The van der Waals surface area contributed by atoms with Crippen molar-refractivity contribution in [3.8, 4) is 17.4 Å². The summed E-state index contributed by atoms with van der Waals surface area (Å²) in [6.07, 6.45) is 2.83. The van der Waals surface area contributed by atoms with Crippen LogP contribution in [0.1, 0.15) is 25.3 Å². The van der Waals surface area contributed by atoms with E-state index in [0.717, 1.165) is 12.0 Å². The standard InChI is InChI=1S/C21H23N3O4S/c1-13-4-6-16(17(10-13)27-3)28-18-7-5-14(11-22-18)23-20(26)15-12-29-21(2)9-8-19(25)24(15)21/h4-7,10-11,15H,8-9,12H2,1-3H3,(H,23,26). The van der Waals surface area contributed by atoms with Crippen molar-refractivity contribution in [1.82, 2.24) is 9.88 Å². The molecule has 1 aromatic heterocycles. The van der Waals surface area contributed by atoms with Crippen LogP contribution in [0.15, 0.2) is 36.5 Å². The van der Waals surface area contributed by atoms with Gasteiger partial charge in [-0.15, -0.1) is 11.8 Å². The van der Waals surface area contributed by atoms with Crippen molar-refractivity contribution in [2.75, 3.05) is 18.2 Å². The van der Waals surface area contributed by atoms with Crippen LogP contribution < -0.4 is 14.8 Å². The quantitative estimate of drug-likeness (QED) is 0.807. The molecule has 2 amide bonds. The third-order valence-electron chi connectivity index (χ3n) is 5.29. The van der Waals surface area contributed by atoms with Gasteiger partial charge in [-0.05, 0) is 44.0 Å². The molecule has 1 aromatic carbocycles. The van der Waals surface area contributed by atoms with E-state index >= 15 is 0 Å². The summed E-state index contributed by atoms with van der Waals surface area (Å²) in [5, 5.41) is 2.87. The van der Waals surface area contributed by atoms with E-state index in [0.29, 0.717) is 35.2 Å². The summed E-state index contributed by atoms with van der Waals surface area (Å²) in [6.45, 7) is 4.01. The van der Waals surface area contributed by atoms with E-state index in [9.17, 15) is 9.59 Å². The summed E-state index contributed by atoms with van der Waals surface area (Å²) in [4.78, 5) is 30.7. The Morgan fingerprint density at radius 3 is 2.86 bits per heavy atom. The van der Waals surface area contributed by atoms with E-state index in [1.807, 2.05) is 32.0 Å². The van der Waals surface area contributed by atoms with Gasteiger partial charge in [-0.2, -0.15) is 0 Å². The Kier molecular flexibility index (Phi) is 5.12. The normalized spacial score (nSPS) is 23.1. The average Bonchev–Trinajstić information content (AvgIpc) is 3.20. The molecular formula is C21H23N3O4S. The fourth-order valence-corrected chi connectivity index (χ4v) is 5.16. The zero-order valence-corrected chi connectivity index (χ0v) is 17.4. The molecule has 7 nitrogen and oxygen atoms in total. The van der Waals surface area contributed by atoms with Gasteiger partial charge in [0.2, 0.25) is 17.7 Å². The van der Waals surface area contributed by atoms with Crippen LogP contribution in [0.5, 0.6) is 17.4 Å². The first-order valence-corrected chi connectivity index (χ1v) is 10.4. The minimum Gasteiger partial charge on any atom is -0.493 e. The number of rotatable bonds is 5. The highest BCUT2D eigenvalue weighted by Gasteiger charge is 2.52. The smallest absolute Gasteiger partial charge is 0.248 e. The first-order chi connectivity index (χ1) is 13.9. The molecular weight excluding hydrogens is 390 g/mol. The van der Waals surface area contributed by atoms with Gasteiger partial charge in [-0.3, -0.25) is 9.59 Å². The largest absolute Gasteiger partial charge is 0.493 e. The lowest BCUT2D eigenvalue weighted by Gasteiger charge is -2.29. The predicted molar refractivity (Wildman–Crippen MR) is 111 cm³/mol. The minimum absolute atomic E-state index is 0.0477. The number of methoxy groups -OCH3 is 1. The summed E-state index contributed by atoms with van der Waals surface area (Å²) >= 11 is 1.67. The number of pyridine rings is 1. The molecule has 0 radical (unpaired) electrons. The number of amides is 2. The second kappa shape index (κ2) is 7.59. The lowest BCUT2D eigenvalue weighted by Crippen LogP contribution is -2.48. The number of nitrogens with zero attached hydrogens (tertiary/aromatic N) is 2. The lowest BCUT2D eigenvalue weighted by atomic mass is 10.2. The van der Waals surface area contributed by atoms with Crippen LogP contribution in [0.25, 0.3) is 0 Å². The van der Waals surface area contributed by atoms with Crippen LogP contribution in [0, 0.1) is 6.92 Å². The van der Waals surface area contributed by atoms with Gasteiger partial charge in [-0.1, -0.05) is 6.07 Å². The van der Waals surface area contributed by atoms with E-state index in [4.69, 9.17) is 9.47 Å². The molecule has 2 fully saturated rings. The number of nitrogens with one attached hydrogen (secondary N) is 1. The number of thioether (sulfide) groups is 1. The Morgan fingerprint density at radius 1 is 1.31 bits per heavy atom. The molecule has 4 rings (SSSR count). The molecule has 2 unspecified atom stereocenters. The van der Waals surface area contributed by atoms with Crippen LogP contribution in [-0.2, 0) is 9.59 Å². The number of benzene rings is 1. The zero-order valence-electron chi connectivity index (χ0n) is 16.6. The number of fused-ring (bicyclic) bond motifs is 1. The first-order valence-electron chi connectivity index (χ1n) is 9.45. The number of aromatic nitrogens is 1. The molecule has 0 aliphatic carbocycles. The maximum atomic E-state index is 12.7. The Morgan fingerprint density at radius 2 is 2.14 bits per heavy atom. The maximum Gasteiger partial charge on any atom is 0.248 e. The van der Waals surface area contributed by atoms with E-state index in [2.05, 4.69) is 10.3 Å². The van der Waals surface area contributed by atoms with E-state index in [-0.39, 0.29) is 16.7 Å². The lowest BCUT2D eigenvalue weighted by molar-refractivity contribution is -0.135. The van der Waals surface area contributed by atoms with Crippen molar-refractivity contribution in [2.45, 2.75) is 37.6 Å². The Labute approximate surface area is 173 Å². The Balaban J connectivity index is 1.42. The summed E-state index contributed by atoms with van der Waals surface area (Å²) < 4.78 is 11.1. The van der Waals surface area contributed by atoms with Gasteiger partial charge in [0, 0.05) is 18.2 Å². The number of ether oxygens (including phenoxy) is 2. The van der Waals surface area contributed by atoms with Gasteiger partial charge in [0.1, 0.15) is 6.04 Å². The second-order valence-electron chi connectivity index (χ2n) is 7.40. The van der Waals surface area contributed by atoms with Gasteiger partial charge < -0.3 is 19.7 Å². The molecule has 0 bridgehead atoms. The summed E-state index contributed by atoms with van der Waals surface area (Å²) in [5.74, 6) is 2.05. The maximum absolute atomic E-state index is 12.7. The fraction of sp³-hybridized carbons (Fsp3) is 0.381. The van der Waals surface area contributed by atoms with Gasteiger partial charge in [0.15, 0.2) is 11.5 Å². The summed E-state index contributed by atoms with van der Waals surface area (Å²) in [6, 6.07) is 8.61. The minimum atomic E-state index is -0.451. The third kappa shape index (κ3) is 3.76. The van der Waals surface area contributed by atoms with Crippen LogP contribution >= 0.6 is 11.8 Å². The molecule has 2 aliphatic rings. The van der Waals surface area contributed by atoms with E-state index in [1.54, 1.807) is 42.1 Å². The van der Waals surface area contributed by atoms with Crippen molar-refractivity contribution in [3.63, 3.8) is 0 Å².